The van der Waals surface area contributed by atoms with Gasteiger partial charge in [-0.3, -0.25) is 4.90 Å². The van der Waals surface area contributed by atoms with E-state index in [1.54, 1.807) is 0 Å². The van der Waals surface area contributed by atoms with Crippen molar-refractivity contribution in [2.75, 3.05) is 13.1 Å². The van der Waals surface area contributed by atoms with Crippen molar-refractivity contribution in [2.24, 2.45) is 11.7 Å². The van der Waals surface area contributed by atoms with Crippen molar-refractivity contribution in [1.29, 1.82) is 0 Å². The van der Waals surface area contributed by atoms with Gasteiger partial charge in [-0.15, -0.1) is 0 Å². The summed E-state index contributed by atoms with van der Waals surface area (Å²) in [6.07, 6.45) is 8.02. The van der Waals surface area contributed by atoms with Crippen LogP contribution < -0.4 is 5.73 Å². The van der Waals surface area contributed by atoms with E-state index in [1.807, 2.05) is 0 Å². The molecule has 0 amide bonds. The molecule has 96 valence electrons. The van der Waals surface area contributed by atoms with Gasteiger partial charge in [0.2, 0.25) is 0 Å². The zero-order chi connectivity index (χ0) is 12.0. The molecule has 2 heteroatoms. The van der Waals surface area contributed by atoms with Gasteiger partial charge in [-0.2, -0.15) is 0 Å². The lowest BCUT2D eigenvalue weighted by molar-refractivity contribution is 0.0663. The van der Waals surface area contributed by atoms with Gasteiger partial charge in [-0.1, -0.05) is 26.7 Å². The number of rotatable bonds is 6. The predicted octanol–water partition coefficient (Wildman–Crippen LogP) is 3.01. The van der Waals surface area contributed by atoms with Crippen molar-refractivity contribution < 1.29 is 0 Å². The summed E-state index contributed by atoms with van der Waals surface area (Å²) in [6, 6.07) is 1.56. The van der Waals surface area contributed by atoms with E-state index in [9.17, 15) is 0 Å². The maximum absolute atomic E-state index is 5.83. The standard InChI is InChI=1S/C14H30N2/c1-4-6-7-14(5-2)16-11-13(10-15)9-8-12(16)3/h12-14H,4-11,15H2,1-3H3. The van der Waals surface area contributed by atoms with Crippen LogP contribution in [-0.4, -0.2) is 30.1 Å². The monoisotopic (exact) mass is 226 g/mol. The molecule has 1 saturated heterocycles. The van der Waals surface area contributed by atoms with Gasteiger partial charge in [0.25, 0.3) is 0 Å². The van der Waals surface area contributed by atoms with E-state index in [-0.39, 0.29) is 0 Å². The lowest BCUT2D eigenvalue weighted by Gasteiger charge is -2.42. The van der Waals surface area contributed by atoms with E-state index in [4.69, 9.17) is 5.73 Å². The molecule has 1 aliphatic rings. The first-order valence-corrected chi connectivity index (χ1v) is 7.18. The largest absolute Gasteiger partial charge is 0.330 e. The first-order valence-electron chi connectivity index (χ1n) is 7.18. The summed E-state index contributed by atoms with van der Waals surface area (Å²) in [5, 5.41) is 0. The molecule has 0 spiro atoms. The van der Waals surface area contributed by atoms with Crippen molar-refractivity contribution in [2.45, 2.75) is 71.4 Å². The molecular weight excluding hydrogens is 196 g/mol. The van der Waals surface area contributed by atoms with Crippen LogP contribution in [0.15, 0.2) is 0 Å². The quantitative estimate of drug-likeness (QED) is 0.754. The van der Waals surface area contributed by atoms with Crippen LogP contribution in [0.3, 0.4) is 0 Å². The minimum Gasteiger partial charge on any atom is -0.330 e. The second kappa shape index (κ2) is 7.29. The van der Waals surface area contributed by atoms with Crippen LogP contribution in [0.25, 0.3) is 0 Å². The van der Waals surface area contributed by atoms with E-state index < -0.39 is 0 Å². The van der Waals surface area contributed by atoms with Crippen LogP contribution in [0.2, 0.25) is 0 Å². The van der Waals surface area contributed by atoms with Gasteiger partial charge >= 0.3 is 0 Å². The highest BCUT2D eigenvalue weighted by atomic mass is 15.2. The van der Waals surface area contributed by atoms with Gasteiger partial charge < -0.3 is 5.73 Å². The second-order valence-electron chi connectivity index (χ2n) is 5.43. The first-order chi connectivity index (χ1) is 7.72. The summed E-state index contributed by atoms with van der Waals surface area (Å²) < 4.78 is 0. The predicted molar refractivity (Wildman–Crippen MR) is 71.6 cm³/mol. The smallest absolute Gasteiger partial charge is 0.00955 e. The van der Waals surface area contributed by atoms with Gasteiger partial charge in [0, 0.05) is 18.6 Å². The Balaban J connectivity index is 2.51. The molecule has 0 bridgehead atoms. The van der Waals surface area contributed by atoms with Gasteiger partial charge in [-0.05, 0) is 45.1 Å². The van der Waals surface area contributed by atoms with E-state index in [0.29, 0.717) is 0 Å². The van der Waals surface area contributed by atoms with Gasteiger partial charge in [0.15, 0.2) is 0 Å². The van der Waals surface area contributed by atoms with Crippen molar-refractivity contribution in [3.05, 3.63) is 0 Å². The number of likely N-dealkylation sites (tertiary alicyclic amines) is 1. The van der Waals surface area contributed by atoms with Crippen LogP contribution in [0, 0.1) is 5.92 Å². The van der Waals surface area contributed by atoms with Gasteiger partial charge in [0.05, 0.1) is 0 Å². The lowest BCUT2D eigenvalue weighted by Crippen LogP contribution is -2.49. The maximum Gasteiger partial charge on any atom is 0.00955 e. The highest BCUT2D eigenvalue weighted by Crippen LogP contribution is 2.26. The second-order valence-corrected chi connectivity index (χ2v) is 5.43. The summed E-state index contributed by atoms with van der Waals surface area (Å²) in [7, 11) is 0. The van der Waals surface area contributed by atoms with Crippen molar-refractivity contribution in [3.63, 3.8) is 0 Å². The molecule has 1 rings (SSSR count). The number of piperidine rings is 1. The Labute approximate surface area is 102 Å². The van der Waals surface area contributed by atoms with Crippen LogP contribution in [0.4, 0.5) is 0 Å². The average Bonchev–Trinajstić information content (AvgIpc) is 2.32. The highest BCUT2D eigenvalue weighted by Gasteiger charge is 2.28. The fraction of sp³-hybridized carbons (Fsp3) is 1.00. The molecule has 1 fully saturated rings. The Morgan fingerprint density at radius 3 is 2.62 bits per heavy atom. The molecule has 1 aliphatic heterocycles. The summed E-state index contributed by atoms with van der Waals surface area (Å²) in [6.45, 7) is 9.11. The number of nitrogens with zero attached hydrogens (tertiary/aromatic N) is 1. The molecule has 0 saturated carbocycles. The minimum atomic E-state index is 0.742. The number of hydrogen-bond acceptors (Lipinski definition) is 2. The molecule has 2 N–H and O–H groups in total. The fourth-order valence-electron chi connectivity index (χ4n) is 2.96. The van der Waals surface area contributed by atoms with Crippen molar-refractivity contribution >= 4 is 0 Å². The Hall–Kier alpha value is -0.0800. The van der Waals surface area contributed by atoms with Crippen LogP contribution in [0.5, 0.6) is 0 Å². The molecule has 0 aliphatic carbocycles. The zero-order valence-electron chi connectivity index (χ0n) is 11.4. The molecule has 0 aromatic carbocycles. The normalized spacial score (nSPS) is 29.2. The van der Waals surface area contributed by atoms with Crippen LogP contribution >= 0.6 is 0 Å². The summed E-state index contributed by atoms with van der Waals surface area (Å²) in [5.74, 6) is 0.742. The molecule has 2 nitrogen and oxygen atoms in total. The van der Waals surface area contributed by atoms with Crippen LogP contribution in [0.1, 0.15) is 59.3 Å². The molecular formula is C14H30N2. The van der Waals surface area contributed by atoms with Crippen molar-refractivity contribution in [1.82, 2.24) is 4.90 Å². The Kier molecular flexibility index (Phi) is 6.37. The minimum absolute atomic E-state index is 0.742. The number of nitrogens with two attached hydrogens (primary N) is 1. The molecule has 0 radical (unpaired) electrons. The Morgan fingerprint density at radius 1 is 1.31 bits per heavy atom. The first kappa shape index (κ1) is 14.0. The number of hydrogen-bond donors (Lipinski definition) is 1. The third-order valence-corrected chi connectivity index (χ3v) is 4.19. The zero-order valence-corrected chi connectivity index (χ0v) is 11.4. The van der Waals surface area contributed by atoms with E-state index in [1.165, 1.54) is 45.1 Å². The third kappa shape index (κ3) is 3.74. The van der Waals surface area contributed by atoms with Gasteiger partial charge in [0.1, 0.15) is 0 Å². The fourth-order valence-corrected chi connectivity index (χ4v) is 2.96. The maximum atomic E-state index is 5.83. The summed E-state index contributed by atoms with van der Waals surface area (Å²) in [4.78, 5) is 2.73. The van der Waals surface area contributed by atoms with E-state index >= 15 is 0 Å². The molecule has 3 atom stereocenters. The SMILES string of the molecule is CCCCC(CC)N1CC(CN)CCC1C. The topological polar surface area (TPSA) is 29.3 Å². The lowest BCUT2D eigenvalue weighted by atomic mass is 9.90. The summed E-state index contributed by atoms with van der Waals surface area (Å²) in [5.41, 5.74) is 5.83. The Morgan fingerprint density at radius 2 is 2.06 bits per heavy atom. The van der Waals surface area contributed by atoms with E-state index in [2.05, 4.69) is 25.7 Å². The third-order valence-electron chi connectivity index (χ3n) is 4.19. The summed E-state index contributed by atoms with van der Waals surface area (Å²) >= 11 is 0. The Bertz CT molecular complexity index is 182. The van der Waals surface area contributed by atoms with Gasteiger partial charge in [-0.25, -0.2) is 0 Å². The number of unbranched alkanes of at least 4 members (excludes halogenated alkanes) is 1. The highest BCUT2D eigenvalue weighted by molar-refractivity contribution is 4.84. The van der Waals surface area contributed by atoms with Crippen molar-refractivity contribution in [3.8, 4) is 0 Å². The molecule has 16 heavy (non-hydrogen) atoms. The molecule has 0 aromatic heterocycles. The molecule has 3 unspecified atom stereocenters. The average molecular weight is 226 g/mol. The molecule has 0 aromatic rings. The van der Waals surface area contributed by atoms with Crippen LogP contribution in [-0.2, 0) is 0 Å². The van der Waals surface area contributed by atoms with E-state index in [0.717, 1.165) is 24.5 Å². The molecule has 1 heterocycles.